The summed E-state index contributed by atoms with van der Waals surface area (Å²) in [5.74, 6) is 0. The Hall–Kier alpha value is -1.53. The van der Waals surface area contributed by atoms with Gasteiger partial charge >= 0.3 is 0 Å². The average Bonchev–Trinajstić information content (AvgIpc) is 2.29. The van der Waals surface area contributed by atoms with Crippen molar-refractivity contribution in [3.63, 3.8) is 0 Å². The molecule has 0 aliphatic rings. The average molecular weight is 203 g/mol. The minimum atomic E-state index is 0.704. The Morgan fingerprint density at radius 3 is 2.80 bits per heavy atom. The van der Waals surface area contributed by atoms with E-state index in [4.69, 9.17) is 5.26 Å². The largest absolute Gasteiger partial charge is 0.385 e. The third-order valence-electron chi connectivity index (χ3n) is 2.17. The van der Waals surface area contributed by atoms with Gasteiger partial charge in [-0.05, 0) is 44.6 Å². The van der Waals surface area contributed by atoms with Gasteiger partial charge in [-0.2, -0.15) is 5.26 Å². The zero-order chi connectivity index (χ0) is 10.9. The van der Waals surface area contributed by atoms with E-state index >= 15 is 0 Å². The smallest absolute Gasteiger partial charge is 0.0992 e. The highest BCUT2D eigenvalue weighted by atomic mass is 14.9. The molecule has 80 valence electrons. The molecular formula is C12H17N3. The van der Waals surface area contributed by atoms with Crippen molar-refractivity contribution in [1.29, 1.82) is 5.26 Å². The lowest BCUT2D eigenvalue weighted by molar-refractivity contribution is 0.694. The minimum Gasteiger partial charge on any atom is -0.385 e. The molecule has 3 heteroatoms. The van der Waals surface area contributed by atoms with Gasteiger partial charge in [-0.25, -0.2) is 0 Å². The first-order valence-corrected chi connectivity index (χ1v) is 5.25. The van der Waals surface area contributed by atoms with Crippen molar-refractivity contribution < 1.29 is 0 Å². The summed E-state index contributed by atoms with van der Waals surface area (Å²) in [5, 5.41) is 15.1. The molecule has 0 amide bonds. The zero-order valence-electron chi connectivity index (χ0n) is 9.09. The van der Waals surface area contributed by atoms with Crippen LogP contribution >= 0.6 is 0 Å². The standard InChI is InChI=1S/C12H17N3/c1-14-7-2-3-8-15-12-6-4-5-11(9-12)10-13/h4-6,9,14-15H,2-3,7-8H2,1H3. The molecule has 0 aliphatic carbocycles. The van der Waals surface area contributed by atoms with E-state index in [1.54, 1.807) is 0 Å². The monoisotopic (exact) mass is 203 g/mol. The lowest BCUT2D eigenvalue weighted by Gasteiger charge is -2.06. The molecule has 0 unspecified atom stereocenters. The molecule has 1 aromatic carbocycles. The number of hydrogen-bond donors (Lipinski definition) is 2. The Bertz CT molecular complexity index is 328. The van der Waals surface area contributed by atoms with E-state index in [2.05, 4.69) is 16.7 Å². The summed E-state index contributed by atoms with van der Waals surface area (Å²) < 4.78 is 0. The van der Waals surface area contributed by atoms with E-state index in [9.17, 15) is 0 Å². The van der Waals surface area contributed by atoms with Crippen molar-refractivity contribution >= 4 is 5.69 Å². The van der Waals surface area contributed by atoms with Gasteiger partial charge in [0.05, 0.1) is 11.6 Å². The first kappa shape index (κ1) is 11.5. The molecule has 1 rings (SSSR count). The molecule has 0 aliphatic heterocycles. The highest BCUT2D eigenvalue weighted by molar-refractivity contribution is 5.48. The molecule has 15 heavy (non-hydrogen) atoms. The van der Waals surface area contributed by atoms with Gasteiger partial charge in [-0.1, -0.05) is 6.07 Å². The van der Waals surface area contributed by atoms with Gasteiger partial charge in [0.25, 0.3) is 0 Å². The van der Waals surface area contributed by atoms with Crippen molar-refractivity contribution in [3.8, 4) is 6.07 Å². The number of rotatable bonds is 6. The first-order chi connectivity index (χ1) is 7.36. The van der Waals surface area contributed by atoms with Crippen molar-refractivity contribution in [1.82, 2.24) is 5.32 Å². The summed E-state index contributed by atoms with van der Waals surface area (Å²) >= 11 is 0. The Morgan fingerprint density at radius 2 is 2.07 bits per heavy atom. The van der Waals surface area contributed by atoms with E-state index in [1.165, 1.54) is 6.42 Å². The topological polar surface area (TPSA) is 47.8 Å². The lowest BCUT2D eigenvalue weighted by Crippen LogP contribution is -2.10. The van der Waals surface area contributed by atoms with E-state index in [0.717, 1.165) is 25.2 Å². The number of nitrogens with zero attached hydrogens (tertiary/aromatic N) is 1. The van der Waals surface area contributed by atoms with Crippen molar-refractivity contribution in [2.24, 2.45) is 0 Å². The second kappa shape index (κ2) is 6.86. The second-order valence-corrected chi connectivity index (χ2v) is 3.43. The molecule has 0 aromatic heterocycles. The summed E-state index contributed by atoms with van der Waals surface area (Å²) in [4.78, 5) is 0. The number of nitrogens with one attached hydrogen (secondary N) is 2. The Labute approximate surface area is 91.1 Å². The van der Waals surface area contributed by atoms with Crippen LogP contribution in [0.15, 0.2) is 24.3 Å². The number of anilines is 1. The van der Waals surface area contributed by atoms with Crippen LogP contribution in [0.3, 0.4) is 0 Å². The van der Waals surface area contributed by atoms with Gasteiger partial charge in [0.1, 0.15) is 0 Å². The van der Waals surface area contributed by atoms with E-state index < -0.39 is 0 Å². The molecule has 0 heterocycles. The Morgan fingerprint density at radius 1 is 1.27 bits per heavy atom. The molecule has 0 radical (unpaired) electrons. The van der Waals surface area contributed by atoms with Gasteiger partial charge in [0.15, 0.2) is 0 Å². The SMILES string of the molecule is CNCCCCNc1cccc(C#N)c1. The number of benzene rings is 1. The molecule has 0 bridgehead atoms. The fraction of sp³-hybridized carbons (Fsp3) is 0.417. The lowest BCUT2D eigenvalue weighted by atomic mass is 10.2. The molecule has 3 nitrogen and oxygen atoms in total. The quantitative estimate of drug-likeness (QED) is 0.695. The second-order valence-electron chi connectivity index (χ2n) is 3.43. The van der Waals surface area contributed by atoms with E-state index in [-0.39, 0.29) is 0 Å². The predicted octanol–water partition coefficient (Wildman–Crippen LogP) is 1.97. The molecule has 2 N–H and O–H groups in total. The fourth-order valence-corrected chi connectivity index (χ4v) is 1.36. The van der Waals surface area contributed by atoms with Gasteiger partial charge in [0, 0.05) is 12.2 Å². The van der Waals surface area contributed by atoms with Crippen LogP contribution in [0.5, 0.6) is 0 Å². The van der Waals surface area contributed by atoms with Crippen LogP contribution in [-0.4, -0.2) is 20.1 Å². The van der Waals surface area contributed by atoms with Crippen molar-refractivity contribution in [3.05, 3.63) is 29.8 Å². The fourth-order valence-electron chi connectivity index (χ4n) is 1.36. The van der Waals surface area contributed by atoms with Crippen LogP contribution < -0.4 is 10.6 Å². The third-order valence-corrected chi connectivity index (χ3v) is 2.17. The summed E-state index contributed by atoms with van der Waals surface area (Å²) in [6, 6.07) is 9.70. The van der Waals surface area contributed by atoms with E-state index in [0.29, 0.717) is 5.56 Å². The molecule has 0 atom stereocenters. The third kappa shape index (κ3) is 4.48. The van der Waals surface area contributed by atoms with Crippen molar-refractivity contribution in [2.75, 3.05) is 25.5 Å². The Balaban J connectivity index is 2.28. The van der Waals surface area contributed by atoms with Crippen molar-refractivity contribution in [2.45, 2.75) is 12.8 Å². The molecule has 0 saturated heterocycles. The molecule has 0 saturated carbocycles. The van der Waals surface area contributed by atoms with Crippen LogP contribution in [0, 0.1) is 11.3 Å². The maximum Gasteiger partial charge on any atom is 0.0992 e. The van der Waals surface area contributed by atoms with Gasteiger partial charge in [-0.15, -0.1) is 0 Å². The molecular weight excluding hydrogens is 186 g/mol. The van der Waals surface area contributed by atoms with Crippen LogP contribution in [0.4, 0.5) is 5.69 Å². The molecule has 0 spiro atoms. The van der Waals surface area contributed by atoms with Crippen LogP contribution in [0.25, 0.3) is 0 Å². The molecule has 1 aromatic rings. The zero-order valence-corrected chi connectivity index (χ0v) is 9.09. The number of hydrogen-bond acceptors (Lipinski definition) is 3. The maximum absolute atomic E-state index is 8.72. The first-order valence-electron chi connectivity index (χ1n) is 5.25. The van der Waals surface area contributed by atoms with Gasteiger partial charge in [0.2, 0.25) is 0 Å². The molecule has 0 fully saturated rings. The summed E-state index contributed by atoms with van der Waals surface area (Å²) in [6.45, 7) is 2.01. The summed E-state index contributed by atoms with van der Waals surface area (Å²) in [6.07, 6.45) is 2.30. The number of unbranched alkanes of at least 4 members (excludes halogenated alkanes) is 1. The normalized spacial score (nSPS) is 9.60. The predicted molar refractivity (Wildman–Crippen MR) is 62.8 cm³/mol. The van der Waals surface area contributed by atoms with Crippen LogP contribution in [0.1, 0.15) is 18.4 Å². The Kier molecular flexibility index (Phi) is 5.28. The van der Waals surface area contributed by atoms with Crippen LogP contribution in [-0.2, 0) is 0 Å². The summed E-state index contributed by atoms with van der Waals surface area (Å²) in [5.41, 5.74) is 1.73. The highest BCUT2D eigenvalue weighted by Gasteiger charge is 1.93. The highest BCUT2D eigenvalue weighted by Crippen LogP contribution is 2.09. The number of nitriles is 1. The van der Waals surface area contributed by atoms with Gasteiger partial charge in [-0.3, -0.25) is 0 Å². The minimum absolute atomic E-state index is 0.704. The summed E-state index contributed by atoms with van der Waals surface area (Å²) in [7, 11) is 1.96. The van der Waals surface area contributed by atoms with Crippen LogP contribution in [0.2, 0.25) is 0 Å². The maximum atomic E-state index is 8.72. The van der Waals surface area contributed by atoms with E-state index in [1.807, 2.05) is 31.3 Å². The van der Waals surface area contributed by atoms with Gasteiger partial charge < -0.3 is 10.6 Å².